The van der Waals surface area contributed by atoms with Crippen LogP contribution in [0.15, 0.2) is 224 Å². The van der Waals surface area contributed by atoms with Gasteiger partial charge in [-0.05, 0) is 103 Å². The maximum Gasteiger partial charge on any atom is 0.0540 e. The lowest BCUT2D eigenvalue weighted by atomic mass is 9.96. The summed E-state index contributed by atoms with van der Waals surface area (Å²) >= 11 is 1.88. The van der Waals surface area contributed by atoms with E-state index in [9.17, 15) is 0 Å². The zero-order chi connectivity index (χ0) is 38.4. The zero-order valence-corrected chi connectivity index (χ0v) is 32.5. The van der Waals surface area contributed by atoms with Crippen LogP contribution in [0.4, 0.5) is 17.1 Å². The minimum Gasteiger partial charge on any atom is -0.310 e. The summed E-state index contributed by atoms with van der Waals surface area (Å²) in [5, 5.41) is 7.61. The van der Waals surface area contributed by atoms with Gasteiger partial charge in [0, 0.05) is 42.7 Å². The van der Waals surface area contributed by atoms with Crippen molar-refractivity contribution in [3.8, 4) is 44.5 Å². The summed E-state index contributed by atoms with van der Waals surface area (Å²) in [5.41, 5.74) is 13.0. The van der Waals surface area contributed by atoms with Crippen molar-refractivity contribution in [2.45, 2.75) is 0 Å². The van der Waals surface area contributed by atoms with Crippen molar-refractivity contribution in [3.05, 3.63) is 224 Å². The molecule has 2 heteroatoms. The van der Waals surface area contributed by atoms with Crippen LogP contribution < -0.4 is 4.90 Å². The van der Waals surface area contributed by atoms with E-state index in [4.69, 9.17) is 0 Å². The van der Waals surface area contributed by atoms with Crippen molar-refractivity contribution in [2.24, 2.45) is 0 Å². The number of rotatable bonds is 7. The second-order valence-electron chi connectivity index (χ2n) is 14.9. The Morgan fingerprint density at radius 1 is 0.293 bits per heavy atom. The Hall–Kier alpha value is -7.26. The highest BCUT2D eigenvalue weighted by atomic mass is 32.1. The lowest BCUT2D eigenvalue weighted by Crippen LogP contribution is -2.11. The van der Waals surface area contributed by atoms with Crippen molar-refractivity contribution in [2.75, 3.05) is 4.90 Å². The molecule has 1 nitrogen and oxygen atoms in total. The first-order valence-corrected chi connectivity index (χ1v) is 20.6. The van der Waals surface area contributed by atoms with Gasteiger partial charge in [-0.1, -0.05) is 176 Å². The van der Waals surface area contributed by atoms with Gasteiger partial charge in [0.2, 0.25) is 0 Å². The molecule has 58 heavy (non-hydrogen) atoms. The molecule has 11 aromatic rings. The van der Waals surface area contributed by atoms with Gasteiger partial charge in [0.25, 0.3) is 0 Å². The molecule has 0 atom stereocenters. The molecule has 0 saturated carbocycles. The van der Waals surface area contributed by atoms with Crippen LogP contribution in [0.3, 0.4) is 0 Å². The monoisotopic (exact) mass is 755 g/mol. The maximum absolute atomic E-state index is 2.44. The molecule has 10 aromatic carbocycles. The smallest absolute Gasteiger partial charge is 0.0540 e. The average molecular weight is 756 g/mol. The van der Waals surface area contributed by atoms with Crippen molar-refractivity contribution in [1.82, 2.24) is 0 Å². The molecule has 0 spiro atoms. The van der Waals surface area contributed by atoms with Crippen molar-refractivity contribution >= 4 is 70.1 Å². The van der Waals surface area contributed by atoms with Crippen molar-refractivity contribution in [3.63, 3.8) is 0 Å². The summed E-state index contributed by atoms with van der Waals surface area (Å²) in [6.45, 7) is 0. The Kier molecular flexibility index (Phi) is 8.42. The zero-order valence-electron chi connectivity index (χ0n) is 31.7. The van der Waals surface area contributed by atoms with E-state index in [1.54, 1.807) is 0 Å². The molecule has 0 aliphatic heterocycles. The van der Waals surface area contributed by atoms with E-state index < -0.39 is 0 Å². The minimum absolute atomic E-state index is 1.10. The Morgan fingerprint density at radius 2 is 0.862 bits per heavy atom. The summed E-state index contributed by atoms with van der Waals surface area (Å²) in [4.78, 5) is 2.44. The van der Waals surface area contributed by atoms with E-state index in [0.717, 1.165) is 17.1 Å². The molecule has 272 valence electrons. The van der Waals surface area contributed by atoms with Crippen LogP contribution >= 0.6 is 11.3 Å². The van der Waals surface area contributed by atoms with Gasteiger partial charge in [0.15, 0.2) is 0 Å². The van der Waals surface area contributed by atoms with Crippen LogP contribution in [0.2, 0.25) is 0 Å². The third-order valence-electron chi connectivity index (χ3n) is 11.4. The van der Waals surface area contributed by atoms with Gasteiger partial charge in [-0.2, -0.15) is 0 Å². The highest BCUT2D eigenvalue weighted by Crippen LogP contribution is 2.46. The predicted octanol–water partition coefficient (Wildman–Crippen LogP) is 16.5. The van der Waals surface area contributed by atoms with Crippen LogP contribution in [-0.4, -0.2) is 0 Å². The van der Waals surface area contributed by atoms with Gasteiger partial charge >= 0.3 is 0 Å². The molecule has 0 N–H and O–H groups in total. The Morgan fingerprint density at radius 3 is 1.72 bits per heavy atom. The van der Waals surface area contributed by atoms with Crippen molar-refractivity contribution < 1.29 is 0 Å². The van der Waals surface area contributed by atoms with Crippen LogP contribution in [-0.2, 0) is 0 Å². The fourth-order valence-corrected chi connectivity index (χ4v) is 9.85. The van der Waals surface area contributed by atoms with E-state index in [1.165, 1.54) is 86.2 Å². The van der Waals surface area contributed by atoms with Crippen LogP contribution in [0.1, 0.15) is 0 Å². The van der Waals surface area contributed by atoms with E-state index >= 15 is 0 Å². The first kappa shape index (κ1) is 34.0. The molecular weight excluding hydrogens is 719 g/mol. The number of benzene rings is 10. The number of para-hydroxylation sites is 1. The van der Waals surface area contributed by atoms with Crippen LogP contribution in [0.25, 0.3) is 86.2 Å². The van der Waals surface area contributed by atoms with Gasteiger partial charge in [-0.15, -0.1) is 11.3 Å². The lowest BCUT2D eigenvalue weighted by Gasteiger charge is -2.28. The first-order valence-electron chi connectivity index (χ1n) is 19.8. The molecule has 0 amide bonds. The van der Waals surface area contributed by atoms with Crippen molar-refractivity contribution in [1.29, 1.82) is 0 Å². The van der Waals surface area contributed by atoms with Gasteiger partial charge in [0.1, 0.15) is 0 Å². The topological polar surface area (TPSA) is 3.24 Å². The SMILES string of the molecule is c1cc(-c2cccc(N(c3ccc(-c4cccc5ccccc45)cc3)c3ccccc3-c3cccc4c3sc3ccccc34)c2)cc(-c2ccc3ccccc3c2)c1. The van der Waals surface area contributed by atoms with Gasteiger partial charge in [0.05, 0.1) is 5.69 Å². The fraction of sp³-hybridized carbons (Fsp3) is 0. The molecule has 0 radical (unpaired) electrons. The second-order valence-corrected chi connectivity index (χ2v) is 16.0. The molecule has 0 aliphatic carbocycles. The lowest BCUT2D eigenvalue weighted by molar-refractivity contribution is 1.28. The molecule has 11 rings (SSSR count). The molecular formula is C56H37NS. The standard InChI is InChI=1S/C56H37NS/c1-2-15-41-35-45(30-29-38(41)13-1)43-18-9-17-42(36-43)44-19-10-20-47(37-44)57(46-33-31-40(32-34-46)49-24-11-16-39-14-3-4-21-48(39)49)54-27-7-5-22-50(54)52-25-12-26-53-51-23-6-8-28-55(51)58-56(52)53/h1-37H. The molecule has 1 aromatic heterocycles. The summed E-state index contributed by atoms with van der Waals surface area (Å²) in [7, 11) is 0. The quantitative estimate of drug-likeness (QED) is 0.157. The van der Waals surface area contributed by atoms with Gasteiger partial charge < -0.3 is 4.90 Å². The number of hydrogen-bond donors (Lipinski definition) is 0. The fourth-order valence-electron chi connectivity index (χ4n) is 8.62. The summed E-state index contributed by atoms with van der Waals surface area (Å²) < 4.78 is 2.61. The Labute approximate surface area is 342 Å². The summed E-state index contributed by atoms with van der Waals surface area (Å²) in [6.07, 6.45) is 0. The normalized spacial score (nSPS) is 11.4. The number of hydrogen-bond acceptors (Lipinski definition) is 2. The highest BCUT2D eigenvalue weighted by Gasteiger charge is 2.20. The number of nitrogens with zero attached hydrogens (tertiary/aromatic N) is 1. The van der Waals surface area contributed by atoms with E-state index in [1.807, 2.05) is 11.3 Å². The third-order valence-corrected chi connectivity index (χ3v) is 12.7. The molecule has 0 unspecified atom stereocenters. The number of fused-ring (bicyclic) bond motifs is 5. The highest BCUT2D eigenvalue weighted by molar-refractivity contribution is 7.26. The van der Waals surface area contributed by atoms with Crippen LogP contribution in [0.5, 0.6) is 0 Å². The Bertz CT molecular complexity index is 3290. The molecule has 0 bridgehead atoms. The molecule has 0 saturated heterocycles. The first-order chi connectivity index (χ1) is 28.7. The predicted molar refractivity (Wildman–Crippen MR) is 251 cm³/mol. The largest absolute Gasteiger partial charge is 0.310 e. The van der Waals surface area contributed by atoms with Gasteiger partial charge in [-0.25, -0.2) is 0 Å². The maximum atomic E-state index is 2.44. The van der Waals surface area contributed by atoms with E-state index in [0.29, 0.717) is 0 Å². The number of thiophene rings is 1. The van der Waals surface area contributed by atoms with E-state index in [-0.39, 0.29) is 0 Å². The summed E-state index contributed by atoms with van der Waals surface area (Å²) in [5.74, 6) is 0. The summed E-state index contributed by atoms with van der Waals surface area (Å²) in [6, 6.07) is 82.0. The van der Waals surface area contributed by atoms with E-state index in [2.05, 4.69) is 229 Å². The Balaban J connectivity index is 1.06. The average Bonchev–Trinajstić information content (AvgIpc) is 3.69. The molecule has 1 heterocycles. The number of anilines is 3. The second kappa shape index (κ2) is 14.4. The third kappa shape index (κ3) is 6.03. The van der Waals surface area contributed by atoms with Crippen LogP contribution in [0, 0.1) is 0 Å². The molecule has 0 aliphatic rings. The van der Waals surface area contributed by atoms with Gasteiger partial charge in [-0.3, -0.25) is 0 Å². The molecule has 0 fully saturated rings. The minimum atomic E-state index is 1.10.